The molecule has 0 saturated carbocycles. The third kappa shape index (κ3) is 2.94. The van der Waals surface area contributed by atoms with Crippen molar-refractivity contribution >= 4 is 29.2 Å². The van der Waals surface area contributed by atoms with E-state index >= 15 is 0 Å². The van der Waals surface area contributed by atoms with Crippen LogP contribution in [0.1, 0.15) is 35.8 Å². The molecule has 0 bridgehead atoms. The van der Waals surface area contributed by atoms with Gasteiger partial charge in [0, 0.05) is 0 Å². The van der Waals surface area contributed by atoms with Gasteiger partial charge in [-0.2, -0.15) is 0 Å². The van der Waals surface area contributed by atoms with Gasteiger partial charge >= 0.3 is 6.03 Å². The summed E-state index contributed by atoms with van der Waals surface area (Å²) in [4.78, 5) is 42.2. The van der Waals surface area contributed by atoms with E-state index < -0.39 is 17.9 Å². The number of allylic oxidation sites excluding steroid dienone is 2. The summed E-state index contributed by atoms with van der Waals surface area (Å²) in [7, 11) is 0. The largest absolute Gasteiger partial charge is 0.342 e. The molecule has 30 heavy (non-hydrogen) atoms. The molecule has 4 rings (SSSR count). The Bertz CT molecular complexity index is 1060. The Balaban J connectivity index is 1.76. The number of anilines is 2. The maximum absolute atomic E-state index is 13.6. The molecule has 2 unspecified atom stereocenters. The van der Waals surface area contributed by atoms with Crippen LogP contribution in [0.5, 0.6) is 0 Å². The average Bonchev–Trinajstić information content (AvgIpc) is 3.20. The zero-order valence-corrected chi connectivity index (χ0v) is 16.4. The molecule has 0 fully saturated rings. The van der Waals surface area contributed by atoms with Crippen molar-refractivity contribution < 1.29 is 14.4 Å². The average molecular weight is 396 g/mol. The molecule has 0 aliphatic carbocycles. The smallest absolute Gasteiger partial charge is 0.273 e. The van der Waals surface area contributed by atoms with Gasteiger partial charge in [0.2, 0.25) is 11.8 Å². The summed E-state index contributed by atoms with van der Waals surface area (Å²) >= 11 is 0. The summed E-state index contributed by atoms with van der Waals surface area (Å²) in [5.74, 6) is -1.72. The molecule has 0 N–H and O–H groups in total. The number of para-hydroxylation sites is 2. The highest BCUT2D eigenvalue weighted by molar-refractivity contribution is 6.32. The molecular formula is C25H20N2O3. The van der Waals surface area contributed by atoms with Gasteiger partial charge < -0.3 is 0 Å². The van der Waals surface area contributed by atoms with E-state index in [1.54, 1.807) is 36.4 Å². The Morgan fingerprint density at radius 3 is 1.60 bits per heavy atom. The van der Waals surface area contributed by atoms with Crippen molar-refractivity contribution in [3.05, 3.63) is 96.4 Å². The predicted molar refractivity (Wildman–Crippen MR) is 115 cm³/mol. The highest BCUT2D eigenvalue weighted by Gasteiger charge is 2.47. The SMILES string of the molecule is C=C=CCC1C(=O)N(C(=O)N2C(=O)C(CC=C=C)c3ccccc32)c2ccccc21. The van der Waals surface area contributed by atoms with Crippen LogP contribution in [-0.4, -0.2) is 17.8 Å². The van der Waals surface area contributed by atoms with Gasteiger partial charge in [-0.15, -0.1) is 11.5 Å². The summed E-state index contributed by atoms with van der Waals surface area (Å²) in [5.41, 5.74) is 7.90. The summed E-state index contributed by atoms with van der Waals surface area (Å²) in [6.45, 7) is 7.10. The van der Waals surface area contributed by atoms with Gasteiger partial charge in [-0.1, -0.05) is 49.6 Å². The molecule has 0 radical (unpaired) electrons. The molecule has 0 spiro atoms. The first kappa shape index (κ1) is 19.4. The van der Waals surface area contributed by atoms with Gasteiger partial charge in [0.1, 0.15) is 0 Å². The number of imide groups is 2. The first-order valence-corrected chi connectivity index (χ1v) is 9.68. The van der Waals surface area contributed by atoms with Crippen LogP contribution in [0.25, 0.3) is 0 Å². The molecule has 2 heterocycles. The van der Waals surface area contributed by atoms with Crippen molar-refractivity contribution in [2.75, 3.05) is 9.80 Å². The quantitative estimate of drug-likeness (QED) is 0.696. The lowest BCUT2D eigenvalue weighted by atomic mass is 9.97. The van der Waals surface area contributed by atoms with Gasteiger partial charge in [-0.25, -0.2) is 14.6 Å². The molecule has 148 valence electrons. The molecule has 0 saturated heterocycles. The van der Waals surface area contributed by atoms with E-state index in [2.05, 4.69) is 24.6 Å². The normalized spacial score (nSPS) is 19.1. The molecule has 0 aromatic heterocycles. The highest BCUT2D eigenvalue weighted by atomic mass is 16.2. The molecular weight excluding hydrogens is 376 g/mol. The Hall–Kier alpha value is -3.91. The van der Waals surface area contributed by atoms with E-state index in [0.717, 1.165) is 20.9 Å². The van der Waals surface area contributed by atoms with E-state index in [9.17, 15) is 14.4 Å². The van der Waals surface area contributed by atoms with Gasteiger partial charge in [0.15, 0.2) is 0 Å². The van der Waals surface area contributed by atoms with Crippen molar-refractivity contribution in [2.45, 2.75) is 24.7 Å². The van der Waals surface area contributed by atoms with Gasteiger partial charge in [0.05, 0.1) is 23.2 Å². The van der Waals surface area contributed by atoms with Crippen LogP contribution in [0.2, 0.25) is 0 Å². The number of benzene rings is 2. The van der Waals surface area contributed by atoms with E-state index in [0.29, 0.717) is 24.2 Å². The zero-order chi connectivity index (χ0) is 21.3. The minimum absolute atomic E-state index is 0.354. The van der Waals surface area contributed by atoms with Crippen LogP contribution in [-0.2, 0) is 9.59 Å². The fraction of sp³-hybridized carbons (Fsp3) is 0.160. The van der Waals surface area contributed by atoms with E-state index in [4.69, 9.17) is 0 Å². The molecule has 2 aliphatic rings. The highest BCUT2D eigenvalue weighted by Crippen LogP contribution is 2.44. The number of carbonyl (C=O) groups excluding carboxylic acids is 3. The van der Waals surface area contributed by atoms with Crippen LogP contribution >= 0.6 is 0 Å². The molecule has 2 aliphatic heterocycles. The lowest BCUT2D eigenvalue weighted by molar-refractivity contribution is -0.118. The Kier molecular flexibility index (Phi) is 5.07. The van der Waals surface area contributed by atoms with Crippen LogP contribution in [0, 0.1) is 0 Å². The van der Waals surface area contributed by atoms with Gasteiger partial charge in [-0.3, -0.25) is 9.59 Å². The number of fused-ring (bicyclic) bond motifs is 2. The summed E-state index contributed by atoms with van der Waals surface area (Å²) in [6, 6.07) is 13.7. The third-order valence-electron chi connectivity index (χ3n) is 5.52. The second-order valence-corrected chi connectivity index (χ2v) is 7.14. The minimum Gasteiger partial charge on any atom is -0.273 e. The van der Waals surface area contributed by atoms with Gasteiger partial charge in [0.25, 0.3) is 0 Å². The van der Waals surface area contributed by atoms with E-state index in [1.165, 1.54) is 0 Å². The number of carbonyl (C=O) groups is 3. The first-order chi connectivity index (χ1) is 14.6. The van der Waals surface area contributed by atoms with E-state index in [-0.39, 0.29) is 11.8 Å². The van der Waals surface area contributed by atoms with Crippen LogP contribution in [0.4, 0.5) is 16.2 Å². The zero-order valence-electron chi connectivity index (χ0n) is 16.4. The first-order valence-electron chi connectivity index (χ1n) is 9.68. The number of hydrogen-bond donors (Lipinski definition) is 0. The number of rotatable bonds is 4. The van der Waals surface area contributed by atoms with Crippen LogP contribution in [0.15, 0.2) is 85.3 Å². The lowest BCUT2D eigenvalue weighted by Gasteiger charge is -2.23. The molecule has 2 atom stereocenters. The van der Waals surface area contributed by atoms with E-state index in [1.807, 2.05) is 24.3 Å². The number of hydrogen-bond acceptors (Lipinski definition) is 3. The maximum atomic E-state index is 13.6. The van der Waals surface area contributed by atoms with Crippen LogP contribution < -0.4 is 9.80 Å². The topological polar surface area (TPSA) is 57.7 Å². The third-order valence-corrected chi connectivity index (χ3v) is 5.52. The molecule has 5 nitrogen and oxygen atoms in total. The number of amides is 4. The Morgan fingerprint density at radius 2 is 1.20 bits per heavy atom. The van der Waals surface area contributed by atoms with Crippen molar-refractivity contribution in [1.82, 2.24) is 0 Å². The summed E-state index contributed by atoms with van der Waals surface area (Å²) < 4.78 is 0. The monoisotopic (exact) mass is 396 g/mol. The van der Waals surface area contributed by atoms with Crippen molar-refractivity contribution in [1.29, 1.82) is 0 Å². The Labute approximate surface area is 174 Å². The second-order valence-electron chi connectivity index (χ2n) is 7.14. The van der Waals surface area contributed by atoms with Crippen molar-refractivity contribution in [2.24, 2.45) is 0 Å². The standard InChI is InChI=1S/C25H20N2O3/c1-3-5-11-19-17-13-7-9-15-21(17)26(23(19)28)25(30)27-22-16-10-8-14-18(22)20(24(27)29)12-6-4-2/h5-10,13-16,19-20H,1-2,11-12H2. The van der Waals surface area contributed by atoms with Crippen molar-refractivity contribution in [3.63, 3.8) is 0 Å². The summed E-state index contributed by atoms with van der Waals surface area (Å²) in [5, 5.41) is 0. The molecule has 4 amide bonds. The fourth-order valence-corrected chi connectivity index (χ4v) is 4.14. The minimum atomic E-state index is -0.653. The maximum Gasteiger partial charge on any atom is 0.342 e. The second kappa shape index (κ2) is 7.84. The molecule has 2 aromatic carbocycles. The molecule has 2 aromatic rings. The summed E-state index contributed by atoms with van der Waals surface area (Å²) in [6.07, 6.45) is 4.14. The number of urea groups is 1. The van der Waals surface area contributed by atoms with Gasteiger partial charge in [-0.05, 0) is 48.3 Å². The number of nitrogens with zero attached hydrogens (tertiary/aromatic N) is 2. The van der Waals surface area contributed by atoms with Crippen molar-refractivity contribution in [3.8, 4) is 0 Å². The molecule has 5 heteroatoms. The Morgan fingerprint density at radius 1 is 0.800 bits per heavy atom. The predicted octanol–water partition coefficient (Wildman–Crippen LogP) is 4.83. The fourth-order valence-electron chi connectivity index (χ4n) is 4.14. The lowest BCUT2D eigenvalue weighted by Crippen LogP contribution is -2.47. The van der Waals surface area contributed by atoms with Crippen LogP contribution in [0.3, 0.4) is 0 Å².